The Morgan fingerprint density at radius 1 is 1.00 bits per heavy atom. The second-order valence-corrected chi connectivity index (χ2v) is 8.50. The number of aryl methyl sites for hydroxylation is 2. The van der Waals surface area contributed by atoms with E-state index < -0.39 is 11.7 Å². The van der Waals surface area contributed by atoms with E-state index in [4.69, 9.17) is 9.47 Å². The van der Waals surface area contributed by atoms with Gasteiger partial charge in [-0.15, -0.1) is 0 Å². The molecule has 8 nitrogen and oxygen atoms in total. The number of alkyl carbamates (subject to hydrolysis) is 1. The second kappa shape index (κ2) is 10.3. The standard InChI is InChI=1S/C22H33N3O5/c1-16-6-7-18(17(2)14-16)29-15-20(27)25-12-10-24(11-13-25)19(26)8-9-23-21(28)30-22(3,4)5/h6-7,14H,8-13,15H2,1-5H3,(H,23,28). The lowest BCUT2D eigenvalue weighted by molar-refractivity contribution is -0.140. The quantitative estimate of drug-likeness (QED) is 0.764. The molecule has 2 rings (SSSR count). The molecule has 1 saturated heterocycles. The lowest BCUT2D eigenvalue weighted by Crippen LogP contribution is -2.52. The summed E-state index contributed by atoms with van der Waals surface area (Å²) >= 11 is 0. The van der Waals surface area contributed by atoms with Gasteiger partial charge in [0.1, 0.15) is 11.4 Å². The van der Waals surface area contributed by atoms with Crippen LogP contribution < -0.4 is 10.1 Å². The minimum Gasteiger partial charge on any atom is -0.484 e. The van der Waals surface area contributed by atoms with Crippen molar-refractivity contribution in [3.8, 4) is 5.75 Å². The molecule has 1 N–H and O–H groups in total. The minimum absolute atomic E-state index is 0.0162. The van der Waals surface area contributed by atoms with Gasteiger partial charge in [-0.25, -0.2) is 4.79 Å². The highest BCUT2D eigenvalue weighted by molar-refractivity contribution is 5.79. The molecule has 1 aromatic rings. The molecular formula is C22H33N3O5. The Hall–Kier alpha value is -2.77. The van der Waals surface area contributed by atoms with E-state index >= 15 is 0 Å². The highest BCUT2D eigenvalue weighted by Crippen LogP contribution is 2.18. The maximum atomic E-state index is 12.4. The van der Waals surface area contributed by atoms with Gasteiger partial charge in [0.05, 0.1) is 0 Å². The number of hydrogen-bond donors (Lipinski definition) is 1. The van der Waals surface area contributed by atoms with Gasteiger partial charge >= 0.3 is 6.09 Å². The van der Waals surface area contributed by atoms with Gasteiger partial charge in [-0.1, -0.05) is 17.7 Å². The van der Waals surface area contributed by atoms with E-state index in [0.717, 1.165) is 11.1 Å². The SMILES string of the molecule is Cc1ccc(OCC(=O)N2CCN(C(=O)CCNC(=O)OC(C)(C)C)CC2)c(C)c1. The first-order chi connectivity index (χ1) is 14.0. The summed E-state index contributed by atoms with van der Waals surface area (Å²) in [4.78, 5) is 39.8. The van der Waals surface area contributed by atoms with Crippen LogP contribution in [-0.4, -0.2) is 72.6 Å². The van der Waals surface area contributed by atoms with Gasteiger partial charge in [-0.05, 0) is 46.2 Å². The van der Waals surface area contributed by atoms with Crippen molar-refractivity contribution in [2.45, 2.75) is 46.6 Å². The number of amides is 3. The summed E-state index contributed by atoms with van der Waals surface area (Å²) in [6.45, 7) is 11.4. The summed E-state index contributed by atoms with van der Waals surface area (Å²) < 4.78 is 10.8. The molecule has 3 amide bonds. The molecule has 1 aliphatic heterocycles. The van der Waals surface area contributed by atoms with Crippen molar-refractivity contribution in [3.05, 3.63) is 29.3 Å². The molecule has 8 heteroatoms. The smallest absolute Gasteiger partial charge is 0.407 e. The Balaban J connectivity index is 1.69. The normalized spacial score (nSPS) is 14.3. The average molecular weight is 420 g/mol. The van der Waals surface area contributed by atoms with Crippen molar-refractivity contribution < 1.29 is 23.9 Å². The Bertz CT molecular complexity index is 765. The number of nitrogens with one attached hydrogen (secondary N) is 1. The van der Waals surface area contributed by atoms with Crippen LogP contribution in [0.5, 0.6) is 5.75 Å². The van der Waals surface area contributed by atoms with Gasteiger partial charge in [0.25, 0.3) is 5.91 Å². The predicted molar refractivity (Wildman–Crippen MR) is 113 cm³/mol. The van der Waals surface area contributed by atoms with Crippen LogP contribution in [0.1, 0.15) is 38.3 Å². The monoisotopic (exact) mass is 419 g/mol. The lowest BCUT2D eigenvalue weighted by Gasteiger charge is -2.34. The molecule has 166 valence electrons. The lowest BCUT2D eigenvalue weighted by atomic mass is 10.1. The zero-order valence-electron chi connectivity index (χ0n) is 18.6. The number of ether oxygens (including phenoxy) is 2. The molecule has 1 aliphatic rings. The van der Waals surface area contributed by atoms with E-state index in [2.05, 4.69) is 5.32 Å². The van der Waals surface area contributed by atoms with Crippen molar-refractivity contribution >= 4 is 17.9 Å². The summed E-state index contributed by atoms with van der Waals surface area (Å²) in [7, 11) is 0. The molecule has 0 saturated carbocycles. The number of hydrogen-bond acceptors (Lipinski definition) is 5. The summed E-state index contributed by atoms with van der Waals surface area (Å²) in [5.74, 6) is 0.568. The Labute approximate surface area is 178 Å². The Morgan fingerprint density at radius 2 is 1.60 bits per heavy atom. The minimum atomic E-state index is -0.571. The topological polar surface area (TPSA) is 88.2 Å². The predicted octanol–water partition coefficient (Wildman–Crippen LogP) is 2.27. The molecule has 0 aliphatic carbocycles. The van der Waals surface area contributed by atoms with E-state index in [1.165, 1.54) is 0 Å². The first-order valence-electron chi connectivity index (χ1n) is 10.3. The van der Waals surface area contributed by atoms with Crippen LogP contribution in [0.4, 0.5) is 4.79 Å². The van der Waals surface area contributed by atoms with Crippen molar-refractivity contribution in [2.75, 3.05) is 39.3 Å². The average Bonchev–Trinajstić information content (AvgIpc) is 2.65. The van der Waals surface area contributed by atoms with Gasteiger partial charge in [-0.2, -0.15) is 0 Å². The van der Waals surface area contributed by atoms with E-state index in [1.807, 2.05) is 32.0 Å². The number of nitrogens with zero attached hydrogens (tertiary/aromatic N) is 2. The first-order valence-corrected chi connectivity index (χ1v) is 10.3. The molecule has 1 fully saturated rings. The zero-order valence-corrected chi connectivity index (χ0v) is 18.6. The van der Waals surface area contributed by atoms with Crippen LogP contribution >= 0.6 is 0 Å². The summed E-state index contributed by atoms with van der Waals surface area (Å²) in [5, 5.41) is 2.59. The molecule has 0 aromatic heterocycles. The van der Waals surface area contributed by atoms with Crippen LogP contribution in [0.3, 0.4) is 0 Å². The first kappa shape index (κ1) is 23.5. The van der Waals surface area contributed by atoms with E-state index in [1.54, 1.807) is 30.6 Å². The zero-order chi connectivity index (χ0) is 22.3. The van der Waals surface area contributed by atoms with Crippen molar-refractivity contribution in [1.82, 2.24) is 15.1 Å². The number of carbonyl (C=O) groups is 3. The molecule has 0 spiro atoms. The molecule has 0 radical (unpaired) electrons. The van der Waals surface area contributed by atoms with Gasteiger partial charge in [0, 0.05) is 39.1 Å². The van der Waals surface area contributed by atoms with Crippen molar-refractivity contribution in [3.63, 3.8) is 0 Å². The third kappa shape index (κ3) is 7.57. The van der Waals surface area contributed by atoms with Gasteiger partial charge in [-0.3, -0.25) is 9.59 Å². The summed E-state index contributed by atoms with van der Waals surface area (Å²) in [6.07, 6.45) is -0.335. The van der Waals surface area contributed by atoms with Gasteiger partial charge in [0.2, 0.25) is 5.91 Å². The van der Waals surface area contributed by atoms with Crippen molar-refractivity contribution in [2.24, 2.45) is 0 Å². The van der Waals surface area contributed by atoms with Crippen LogP contribution in [0, 0.1) is 13.8 Å². The third-order valence-corrected chi connectivity index (χ3v) is 4.67. The van der Waals surface area contributed by atoms with E-state index in [9.17, 15) is 14.4 Å². The number of rotatable bonds is 6. The molecule has 30 heavy (non-hydrogen) atoms. The molecule has 0 unspecified atom stereocenters. The Morgan fingerprint density at radius 3 is 2.17 bits per heavy atom. The largest absolute Gasteiger partial charge is 0.484 e. The molecule has 0 bridgehead atoms. The highest BCUT2D eigenvalue weighted by atomic mass is 16.6. The Kier molecular flexibility index (Phi) is 8.08. The summed E-state index contributed by atoms with van der Waals surface area (Å²) in [5.41, 5.74) is 1.57. The number of carbonyl (C=O) groups excluding carboxylic acids is 3. The summed E-state index contributed by atoms with van der Waals surface area (Å²) in [6, 6.07) is 5.84. The van der Waals surface area contributed by atoms with Crippen LogP contribution in [0.25, 0.3) is 0 Å². The van der Waals surface area contributed by atoms with Crippen LogP contribution in [0.15, 0.2) is 18.2 Å². The highest BCUT2D eigenvalue weighted by Gasteiger charge is 2.24. The fourth-order valence-corrected chi connectivity index (χ4v) is 3.14. The van der Waals surface area contributed by atoms with Gasteiger partial charge < -0.3 is 24.6 Å². The fraction of sp³-hybridized carbons (Fsp3) is 0.591. The maximum absolute atomic E-state index is 12.4. The third-order valence-electron chi connectivity index (χ3n) is 4.67. The van der Waals surface area contributed by atoms with E-state index in [-0.39, 0.29) is 31.4 Å². The molecule has 1 aromatic carbocycles. The fourth-order valence-electron chi connectivity index (χ4n) is 3.14. The molecular weight excluding hydrogens is 386 g/mol. The van der Waals surface area contributed by atoms with Crippen LogP contribution in [0.2, 0.25) is 0 Å². The second-order valence-electron chi connectivity index (χ2n) is 8.50. The van der Waals surface area contributed by atoms with Crippen molar-refractivity contribution in [1.29, 1.82) is 0 Å². The van der Waals surface area contributed by atoms with Crippen LogP contribution in [-0.2, 0) is 14.3 Å². The van der Waals surface area contributed by atoms with E-state index in [0.29, 0.717) is 31.9 Å². The maximum Gasteiger partial charge on any atom is 0.407 e. The van der Waals surface area contributed by atoms with Gasteiger partial charge in [0.15, 0.2) is 6.61 Å². The number of piperazine rings is 1. The molecule has 1 heterocycles. The molecule has 0 atom stereocenters. The number of benzene rings is 1.